The maximum atomic E-state index is 6.88. The van der Waals surface area contributed by atoms with Gasteiger partial charge in [-0.3, -0.25) is 0 Å². The molecule has 3 aromatic heterocycles. The van der Waals surface area contributed by atoms with Crippen LogP contribution in [0.5, 0.6) is 0 Å². The third-order valence-electron chi connectivity index (χ3n) is 11.3. The molecular weight excluding hydrogens is 703 g/mol. The molecule has 56 heavy (non-hydrogen) atoms. The van der Waals surface area contributed by atoms with Gasteiger partial charge in [0.1, 0.15) is 22.3 Å². The molecule has 0 aliphatic rings. The number of thiophene rings is 1. The van der Waals surface area contributed by atoms with Crippen LogP contribution in [0.15, 0.2) is 197 Å². The van der Waals surface area contributed by atoms with Crippen molar-refractivity contribution in [2.24, 2.45) is 0 Å². The van der Waals surface area contributed by atoms with Crippen LogP contribution in [-0.2, 0) is 0 Å². The van der Waals surface area contributed by atoms with E-state index in [1.165, 1.54) is 25.7 Å². The zero-order valence-corrected chi connectivity index (χ0v) is 30.9. The molecule has 3 nitrogen and oxygen atoms in total. The molecule has 9 aromatic carbocycles. The molecule has 0 N–H and O–H groups in total. The molecule has 12 rings (SSSR count). The quantitative estimate of drug-likeness (QED) is 0.176. The highest BCUT2D eigenvalue weighted by molar-refractivity contribution is 7.26. The lowest BCUT2D eigenvalue weighted by Crippen LogP contribution is -2.11. The van der Waals surface area contributed by atoms with Crippen molar-refractivity contribution >= 4 is 103 Å². The highest BCUT2D eigenvalue weighted by Crippen LogP contribution is 2.47. The fraction of sp³-hybridized carbons (Fsp3) is 0. The summed E-state index contributed by atoms with van der Waals surface area (Å²) >= 11 is 1.82. The van der Waals surface area contributed by atoms with Crippen molar-refractivity contribution < 1.29 is 8.83 Å². The van der Waals surface area contributed by atoms with Gasteiger partial charge in [-0.15, -0.1) is 11.3 Å². The number of hydrogen-bond acceptors (Lipinski definition) is 4. The number of para-hydroxylation sites is 3. The van der Waals surface area contributed by atoms with Gasteiger partial charge in [-0.2, -0.15) is 0 Å². The van der Waals surface area contributed by atoms with Crippen LogP contribution in [0.2, 0.25) is 0 Å². The Labute approximate surface area is 325 Å². The molecule has 3 heterocycles. The Morgan fingerprint density at radius 3 is 1.95 bits per heavy atom. The molecule has 0 radical (unpaired) electrons. The number of furan rings is 2. The van der Waals surface area contributed by atoms with E-state index in [1.54, 1.807) is 0 Å². The molecule has 0 bridgehead atoms. The van der Waals surface area contributed by atoms with Crippen molar-refractivity contribution in [3.05, 3.63) is 188 Å². The van der Waals surface area contributed by atoms with Crippen LogP contribution in [-0.4, -0.2) is 0 Å². The summed E-state index contributed by atoms with van der Waals surface area (Å²) in [5.41, 5.74) is 11.4. The largest absolute Gasteiger partial charge is 0.455 e. The van der Waals surface area contributed by atoms with E-state index in [1.807, 2.05) is 23.5 Å². The monoisotopic (exact) mass is 733 g/mol. The van der Waals surface area contributed by atoms with Gasteiger partial charge in [0.2, 0.25) is 0 Å². The van der Waals surface area contributed by atoms with Crippen LogP contribution in [0.25, 0.3) is 97.1 Å². The highest BCUT2D eigenvalue weighted by atomic mass is 32.1. The van der Waals surface area contributed by atoms with Gasteiger partial charge in [0.15, 0.2) is 0 Å². The lowest BCUT2D eigenvalue weighted by molar-refractivity contribution is 0.670. The van der Waals surface area contributed by atoms with Crippen molar-refractivity contribution in [1.82, 2.24) is 0 Å². The summed E-state index contributed by atoms with van der Waals surface area (Å²) in [6.07, 6.45) is 0. The number of rotatable bonds is 5. The lowest BCUT2D eigenvalue weighted by atomic mass is 10.00. The summed E-state index contributed by atoms with van der Waals surface area (Å²) in [6.45, 7) is 0. The molecule has 0 fully saturated rings. The second-order valence-electron chi connectivity index (χ2n) is 14.4. The van der Waals surface area contributed by atoms with E-state index in [-0.39, 0.29) is 0 Å². The fourth-order valence-corrected chi connectivity index (χ4v) is 9.76. The molecule has 0 aliphatic heterocycles. The van der Waals surface area contributed by atoms with E-state index < -0.39 is 0 Å². The first kappa shape index (κ1) is 31.2. The minimum Gasteiger partial charge on any atom is -0.455 e. The zero-order valence-electron chi connectivity index (χ0n) is 30.1. The molecule has 0 aliphatic carbocycles. The number of anilines is 3. The van der Waals surface area contributed by atoms with Crippen molar-refractivity contribution in [3.8, 4) is 22.3 Å². The Morgan fingerprint density at radius 2 is 1.04 bits per heavy atom. The fourth-order valence-electron chi connectivity index (χ4n) is 8.67. The Hall–Kier alpha value is -7.14. The van der Waals surface area contributed by atoms with E-state index in [4.69, 9.17) is 8.83 Å². The Morgan fingerprint density at radius 1 is 0.375 bits per heavy atom. The van der Waals surface area contributed by atoms with Gasteiger partial charge in [-0.25, -0.2) is 0 Å². The van der Waals surface area contributed by atoms with Crippen molar-refractivity contribution in [2.75, 3.05) is 4.90 Å². The summed E-state index contributed by atoms with van der Waals surface area (Å²) in [5, 5.41) is 9.22. The van der Waals surface area contributed by atoms with Gasteiger partial charge in [0.05, 0.1) is 5.69 Å². The summed E-state index contributed by atoms with van der Waals surface area (Å²) in [4.78, 5) is 2.39. The first-order valence-corrected chi connectivity index (χ1v) is 19.7. The average Bonchev–Trinajstić information content (AvgIpc) is 3.96. The zero-order chi connectivity index (χ0) is 36.7. The van der Waals surface area contributed by atoms with E-state index >= 15 is 0 Å². The topological polar surface area (TPSA) is 29.5 Å². The first-order chi connectivity index (χ1) is 27.8. The smallest absolute Gasteiger partial charge is 0.144 e. The van der Waals surface area contributed by atoms with Gasteiger partial charge < -0.3 is 13.7 Å². The van der Waals surface area contributed by atoms with E-state index in [0.29, 0.717) is 0 Å². The van der Waals surface area contributed by atoms with E-state index in [0.717, 1.165) is 88.4 Å². The Bertz CT molecular complexity index is 3480. The molecule has 4 heteroatoms. The molecule has 12 aromatic rings. The van der Waals surface area contributed by atoms with Gasteiger partial charge >= 0.3 is 0 Å². The molecule has 0 spiro atoms. The molecule has 0 unspecified atom stereocenters. The Balaban J connectivity index is 1.07. The van der Waals surface area contributed by atoms with Crippen LogP contribution in [0.4, 0.5) is 17.1 Å². The molecule has 0 atom stereocenters. The maximum Gasteiger partial charge on any atom is 0.144 e. The van der Waals surface area contributed by atoms with Gasteiger partial charge in [-0.1, -0.05) is 127 Å². The second-order valence-corrected chi connectivity index (χ2v) is 15.5. The van der Waals surface area contributed by atoms with Crippen molar-refractivity contribution in [1.29, 1.82) is 0 Å². The van der Waals surface area contributed by atoms with Crippen LogP contribution in [0, 0.1) is 0 Å². The molecule has 0 saturated heterocycles. The van der Waals surface area contributed by atoms with Gasteiger partial charge in [0, 0.05) is 69.6 Å². The van der Waals surface area contributed by atoms with Gasteiger partial charge in [-0.05, 0) is 77.2 Å². The summed E-state index contributed by atoms with van der Waals surface area (Å²) in [6, 6.07) is 67.2. The summed E-state index contributed by atoms with van der Waals surface area (Å²) < 4.78 is 15.8. The molecule has 0 saturated carbocycles. The van der Waals surface area contributed by atoms with Crippen molar-refractivity contribution in [3.63, 3.8) is 0 Å². The number of benzene rings is 9. The van der Waals surface area contributed by atoms with Crippen LogP contribution in [0.1, 0.15) is 0 Å². The van der Waals surface area contributed by atoms with Crippen LogP contribution in [0.3, 0.4) is 0 Å². The first-order valence-electron chi connectivity index (χ1n) is 18.9. The third-order valence-corrected chi connectivity index (χ3v) is 12.4. The van der Waals surface area contributed by atoms with E-state index in [9.17, 15) is 0 Å². The minimum absolute atomic E-state index is 0.903. The third kappa shape index (κ3) is 4.70. The summed E-state index contributed by atoms with van der Waals surface area (Å²) in [5.74, 6) is 0. The van der Waals surface area contributed by atoms with Crippen LogP contribution >= 0.6 is 11.3 Å². The number of hydrogen-bond donors (Lipinski definition) is 0. The molecular formula is C52H31NO2S. The number of fused-ring (bicyclic) bond motifs is 12. The predicted molar refractivity (Wildman–Crippen MR) is 237 cm³/mol. The SMILES string of the molecule is c1ccc(-c2ccccc2N(c2ccc(-c3cccc4c3oc3ccccc34)cc2)c2ccc3sc4ccc5c6ccc7ccccc7c6oc5c4c3c2)cc1. The van der Waals surface area contributed by atoms with E-state index in [2.05, 4.69) is 181 Å². The highest BCUT2D eigenvalue weighted by Gasteiger charge is 2.21. The summed E-state index contributed by atoms with van der Waals surface area (Å²) in [7, 11) is 0. The predicted octanol–water partition coefficient (Wildman–Crippen LogP) is 15.8. The normalized spacial score (nSPS) is 11.9. The molecule has 262 valence electrons. The van der Waals surface area contributed by atoms with Crippen molar-refractivity contribution in [2.45, 2.75) is 0 Å². The van der Waals surface area contributed by atoms with Gasteiger partial charge in [0.25, 0.3) is 0 Å². The maximum absolute atomic E-state index is 6.88. The average molecular weight is 734 g/mol. The lowest BCUT2D eigenvalue weighted by Gasteiger charge is -2.28. The standard InChI is InChI=1S/C52H31NO2S/c1-2-11-32(12-3-1)37-14-6-8-19-45(37)53(35-24-21-34(22-25-35)39-17-10-18-41-40-16-7-9-20-46(40)54-50(39)41)36-26-29-47-44(31-36)49-48(56-47)30-28-43-42-27-23-33-13-4-5-15-38(33)51(42)55-52(43)49/h1-31H. The van der Waals surface area contributed by atoms with Crippen LogP contribution < -0.4 is 4.90 Å². The number of nitrogens with zero attached hydrogens (tertiary/aromatic N) is 1. The minimum atomic E-state index is 0.903. The second kappa shape index (κ2) is 12.2. The molecule has 0 amide bonds. The Kier molecular flexibility index (Phi) is 6.80.